The standard InChI is InChI=1S/C24H25FN2O5/c1-31-17-8-6-16(7-9-17)22(28)20-21(18-4-2-3-5-19(18)25)27(24(30)23(20)29)11-10-26-12-14-32-15-13-26/h2-9,20-21H,10-15H2,1H3. The Morgan fingerprint density at radius 3 is 2.41 bits per heavy atom. The van der Waals surface area contributed by atoms with Crippen LogP contribution in [0.3, 0.4) is 0 Å². The molecule has 0 aliphatic carbocycles. The topological polar surface area (TPSA) is 76.2 Å². The Balaban J connectivity index is 1.67. The molecule has 8 heteroatoms. The van der Waals surface area contributed by atoms with Crippen LogP contribution in [0.25, 0.3) is 0 Å². The quantitative estimate of drug-likeness (QED) is 0.373. The normalized spacial score (nSPS) is 21.8. The highest BCUT2D eigenvalue weighted by Crippen LogP contribution is 2.39. The minimum atomic E-state index is -1.31. The van der Waals surface area contributed by atoms with E-state index in [4.69, 9.17) is 9.47 Å². The molecule has 2 unspecified atom stereocenters. The molecule has 32 heavy (non-hydrogen) atoms. The molecule has 1 amide bonds. The molecule has 0 radical (unpaired) electrons. The van der Waals surface area contributed by atoms with Gasteiger partial charge >= 0.3 is 0 Å². The SMILES string of the molecule is COc1ccc(C(=O)C2C(=O)C(=O)N(CCN3CCOCC3)C2c2ccccc2F)cc1. The Morgan fingerprint density at radius 2 is 1.75 bits per heavy atom. The van der Waals surface area contributed by atoms with Crippen LogP contribution in [-0.2, 0) is 14.3 Å². The summed E-state index contributed by atoms with van der Waals surface area (Å²) in [5, 5.41) is 0. The molecule has 168 valence electrons. The molecule has 2 aromatic rings. The Labute approximate surface area is 185 Å². The van der Waals surface area contributed by atoms with E-state index >= 15 is 0 Å². The maximum atomic E-state index is 14.8. The summed E-state index contributed by atoms with van der Waals surface area (Å²) in [4.78, 5) is 42.8. The van der Waals surface area contributed by atoms with Crippen molar-refractivity contribution in [3.63, 3.8) is 0 Å². The Kier molecular flexibility index (Phi) is 6.62. The molecule has 2 atom stereocenters. The van der Waals surface area contributed by atoms with E-state index in [0.717, 1.165) is 0 Å². The largest absolute Gasteiger partial charge is 0.497 e. The number of rotatable bonds is 7. The lowest BCUT2D eigenvalue weighted by Gasteiger charge is -2.31. The fraction of sp³-hybridized carbons (Fsp3) is 0.375. The van der Waals surface area contributed by atoms with Gasteiger partial charge in [-0.2, -0.15) is 0 Å². The van der Waals surface area contributed by atoms with E-state index in [9.17, 15) is 18.8 Å². The van der Waals surface area contributed by atoms with Crippen molar-refractivity contribution in [1.29, 1.82) is 0 Å². The number of hydrogen-bond acceptors (Lipinski definition) is 6. The van der Waals surface area contributed by atoms with Crippen LogP contribution in [0.1, 0.15) is 22.0 Å². The number of carbonyl (C=O) groups is 3. The minimum absolute atomic E-state index is 0.167. The summed E-state index contributed by atoms with van der Waals surface area (Å²) in [6.07, 6.45) is 0. The lowest BCUT2D eigenvalue weighted by atomic mass is 9.86. The number of morpholine rings is 1. The van der Waals surface area contributed by atoms with Crippen LogP contribution in [0.2, 0.25) is 0 Å². The zero-order valence-corrected chi connectivity index (χ0v) is 17.8. The maximum absolute atomic E-state index is 14.8. The molecule has 0 aromatic heterocycles. The van der Waals surface area contributed by atoms with Crippen molar-refractivity contribution in [2.24, 2.45) is 5.92 Å². The van der Waals surface area contributed by atoms with Crippen LogP contribution in [0.15, 0.2) is 48.5 Å². The zero-order chi connectivity index (χ0) is 22.7. The van der Waals surface area contributed by atoms with Crippen molar-refractivity contribution in [3.05, 3.63) is 65.5 Å². The number of methoxy groups -OCH3 is 1. The van der Waals surface area contributed by atoms with Gasteiger partial charge in [-0.15, -0.1) is 0 Å². The van der Waals surface area contributed by atoms with Crippen molar-refractivity contribution in [1.82, 2.24) is 9.80 Å². The fourth-order valence-corrected chi connectivity index (χ4v) is 4.30. The number of nitrogens with zero attached hydrogens (tertiary/aromatic N) is 2. The van der Waals surface area contributed by atoms with E-state index in [1.54, 1.807) is 30.3 Å². The van der Waals surface area contributed by atoms with E-state index in [-0.39, 0.29) is 17.7 Å². The van der Waals surface area contributed by atoms with Crippen LogP contribution in [0, 0.1) is 11.7 Å². The molecule has 0 saturated carbocycles. The van der Waals surface area contributed by atoms with E-state index < -0.39 is 35.3 Å². The van der Waals surface area contributed by atoms with Crippen molar-refractivity contribution in [2.75, 3.05) is 46.5 Å². The number of benzene rings is 2. The van der Waals surface area contributed by atoms with Gasteiger partial charge in [0, 0.05) is 37.3 Å². The lowest BCUT2D eigenvalue weighted by Crippen LogP contribution is -2.43. The molecular formula is C24H25FN2O5. The molecule has 4 rings (SSSR count). The highest BCUT2D eigenvalue weighted by atomic mass is 19.1. The number of halogens is 1. The van der Waals surface area contributed by atoms with Gasteiger partial charge in [0.05, 0.1) is 26.4 Å². The van der Waals surface area contributed by atoms with E-state index in [0.29, 0.717) is 38.6 Å². The van der Waals surface area contributed by atoms with Crippen molar-refractivity contribution >= 4 is 17.5 Å². The Morgan fingerprint density at radius 1 is 1.06 bits per heavy atom. The van der Waals surface area contributed by atoms with Gasteiger partial charge in [-0.25, -0.2) is 4.39 Å². The summed E-state index contributed by atoms with van der Waals surface area (Å²) in [6, 6.07) is 11.3. The van der Waals surface area contributed by atoms with Gasteiger partial charge in [-0.05, 0) is 30.3 Å². The molecular weight excluding hydrogens is 415 g/mol. The molecule has 0 N–H and O–H groups in total. The highest BCUT2D eigenvalue weighted by Gasteiger charge is 2.52. The van der Waals surface area contributed by atoms with Gasteiger partial charge < -0.3 is 14.4 Å². The van der Waals surface area contributed by atoms with Gasteiger partial charge in [0.15, 0.2) is 5.78 Å². The molecule has 2 fully saturated rings. The fourth-order valence-electron chi connectivity index (χ4n) is 4.30. The van der Waals surface area contributed by atoms with E-state index in [2.05, 4.69) is 4.90 Å². The van der Waals surface area contributed by atoms with Crippen LogP contribution >= 0.6 is 0 Å². The molecule has 7 nitrogen and oxygen atoms in total. The van der Waals surface area contributed by atoms with E-state index in [1.165, 1.54) is 30.2 Å². The number of carbonyl (C=O) groups excluding carboxylic acids is 3. The third-order valence-corrected chi connectivity index (χ3v) is 6.05. The first-order chi connectivity index (χ1) is 15.5. The summed E-state index contributed by atoms with van der Waals surface area (Å²) in [7, 11) is 1.51. The molecule has 2 aliphatic rings. The second-order valence-corrected chi connectivity index (χ2v) is 7.85. The summed E-state index contributed by atoms with van der Waals surface area (Å²) >= 11 is 0. The smallest absolute Gasteiger partial charge is 0.291 e. The van der Waals surface area contributed by atoms with Crippen LogP contribution in [-0.4, -0.2) is 73.8 Å². The highest BCUT2D eigenvalue weighted by molar-refractivity contribution is 6.44. The number of ether oxygens (including phenoxy) is 2. The summed E-state index contributed by atoms with van der Waals surface area (Å²) in [5.74, 6) is -3.36. The predicted molar refractivity (Wildman–Crippen MR) is 114 cm³/mol. The number of hydrogen-bond donors (Lipinski definition) is 0. The first-order valence-electron chi connectivity index (χ1n) is 10.6. The van der Waals surface area contributed by atoms with Crippen LogP contribution in [0.4, 0.5) is 4.39 Å². The van der Waals surface area contributed by atoms with Crippen molar-refractivity contribution < 1.29 is 28.2 Å². The maximum Gasteiger partial charge on any atom is 0.291 e. The second-order valence-electron chi connectivity index (χ2n) is 7.85. The first kappa shape index (κ1) is 22.1. The van der Waals surface area contributed by atoms with Gasteiger partial charge in [0.25, 0.3) is 5.91 Å². The molecule has 0 spiro atoms. The summed E-state index contributed by atoms with van der Waals surface area (Å²) < 4.78 is 25.3. The summed E-state index contributed by atoms with van der Waals surface area (Å²) in [6.45, 7) is 3.36. The number of Topliss-reactive ketones (excluding diaryl/α,β-unsaturated/α-hetero) is 2. The molecule has 0 bridgehead atoms. The van der Waals surface area contributed by atoms with Crippen LogP contribution < -0.4 is 4.74 Å². The predicted octanol–water partition coefficient (Wildman–Crippen LogP) is 2.12. The van der Waals surface area contributed by atoms with Gasteiger partial charge in [0.1, 0.15) is 17.5 Å². The van der Waals surface area contributed by atoms with Crippen LogP contribution in [0.5, 0.6) is 5.75 Å². The van der Waals surface area contributed by atoms with Crippen molar-refractivity contribution in [2.45, 2.75) is 6.04 Å². The Bertz CT molecular complexity index is 1000. The average molecular weight is 440 g/mol. The molecule has 2 heterocycles. The number of likely N-dealkylation sites (tertiary alicyclic amines) is 1. The molecule has 2 aliphatic heterocycles. The monoisotopic (exact) mass is 440 g/mol. The second kappa shape index (κ2) is 9.58. The average Bonchev–Trinajstić information content (AvgIpc) is 3.08. The molecule has 2 aromatic carbocycles. The molecule has 2 saturated heterocycles. The van der Waals surface area contributed by atoms with Gasteiger partial charge in [-0.3, -0.25) is 19.3 Å². The van der Waals surface area contributed by atoms with Crippen molar-refractivity contribution in [3.8, 4) is 5.75 Å². The zero-order valence-electron chi connectivity index (χ0n) is 17.8. The summed E-state index contributed by atoms with van der Waals surface area (Å²) in [5.41, 5.74) is 0.439. The van der Waals surface area contributed by atoms with Gasteiger partial charge in [0.2, 0.25) is 5.78 Å². The minimum Gasteiger partial charge on any atom is -0.497 e. The third-order valence-electron chi connectivity index (χ3n) is 6.05. The third kappa shape index (κ3) is 4.28. The van der Waals surface area contributed by atoms with E-state index in [1.807, 2.05) is 0 Å². The number of ketones is 2. The first-order valence-corrected chi connectivity index (χ1v) is 10.6. The Hall–Kier alpha value is -3.10. The number of amides is 1. The lowest BCUT2D eigenvalue weighted by molar-refractivity contribution is -0.141. The van der Waals surface area contributed by atoms with Gasteiger partial charge in [-0.1, -0.05) is 18.2 Å².